The number of aryl methyl sites for hydroxylation is 4. The smallest absolute Gasteiger partial charge is 0.154 e. The molecule has 0 bridgehead atoms. The summed E-state index contributed by atoms with van der Waals surface area (Å²) in [4.78, 5) is 10.8. The minimum atomic E-state index is 0.437. The van der Waals surface area contributed by atoms with Crippen LogP contribution in [0.5, 0.6) is 11.5 Å². The number of anilines is 2. The van der Waals surface area contributed by atoms with E-state index in [1.807, 2.05) is 64.1 Å². The highest BCUT2D eigenvalue weighted by molar-refractivity contribution is 5.65. The van der Waals surface area contributed by atoms with Crippen molar-refractivity contribution in [2.75, 3.05) is 10.5 Å². The van der Waals surface area contributed by atoms with Crippen molar-refractivity contribution in [1.82, 2.24) is 0 Å². The second kappa shape index (κ2) is 9.87. The van der Waals surface area contributed by atoms with Crippen LogP contribution in [0, 0.1) is 38.1 Å². The first-order valence-electron chi connectivity index (χ1n) is 11.0. The fraction of sp³-hybridized carbons (Fsp3) is 0.143. The number of hydrogen-bond donors (Lipinski definition) is 0. The fourth-order valence-electron chi connectivity index (χ4n) is 3.39. The van der Waals surface area contributed by atoms with E-state index in [2.05, 4.69) is 0 Å². The van der Waals surface area contributed by atoms with E-state index in [0.717, 1.165) is 33.4 Å². The summed E-state index contributed by atoms with van der Waals surface area (Å²) in [5.41, 5.74) is 7.05. The zero-order valence-corrected chi connectivity index (χ0v) is 19.6. The van der Waals surface area contributed by atoms with Gasteiger partial charge in [-0.1, -0.05) is 36.4 Å². The van der Waals surface area contributed by atoms with Gasteiger partial charge in [-0.25, -0.2) is 0 Å². The number of benzene rings is 4. The van der Waals surface area contributed by atoms with Gasteiger partial charge in [-0.15, -0.1) is 0 Å². The van der Waals surface area contributed by atoms with Crippen molar-refractivity contribution in [3.8, 4) is 22.6 Å². The van der Waals surface area contributed by atoms with Gasteiger partial charge in [-0.05, 0) is 110 Å². The van der Waals surface area contributed by atoms with Crippen molar-refractivity contribution in [2.45, 2.75) is 27.7 Å². The Hall–Kier alpha value is -4.00. The predicted octanol–water partition coefficient (Wildman–Crippen LogP) is 7.18. The van der Waals surface area contributed by atoms with Crippen molar-refractivity contribution < 1.29 is 9.68 Å². The van der Waals surface area contributed by atoms with Crippen LogP contribution < -0.4 is 20.1 Å². The lowest BCUT2D eigenvalue weighted by Gasteiger charge is -2.30. The monoisotopic (exact) mass is 454 g/mol. The quantitative estimate of drug-likeness (QED) is 0.275. The molecule has 0 saturated carbocycles. The standard InChI is InChI=1S/C28H26N2O4/c1-19-5-11-25(17-21(19)3)29(31)33-27-13-7-23(8-14-27)24-9-15-28(16-10-24)34-30(32)26-12-6-20(2)22(4)18-26/h5-18H,1-4H3/q-2. The SMILES string of the molecule is Cc1ccc(N([O-])Oc2ccc(-c3ccc(ON([O-])c4ccc(C)c(C)c4)cc3)cc2)cc1C. The van der Waals surface area contributed by atoms with Crippen LogP contribution in [0.2, 0.25) is 0 Å². The van der Waals surface area contributed by atoms with Gasteiger partial charge < -0.3 is 20.1 Å². The van der Waals surface area contributed by atoms with Gasteiger partial charge in [0, 0.05) is 0 Å². The van der Waals surface area contributed by atoms with Crippen LogP contribution in [0.4, 0.5) is 11.4 Å². The molecule has 0 aliphatic heterocycles. The molecule has 0 saturated heterocycles. The summed E-state index contributed by atoms with van der Waals surface area (Å²) >= 11 is 0. The number of hydrogen-bond acceptors (Lipinski definition) is 6. The second-order valence-electron chi connectivity index (χ2n) is 8.28. The van der Waals surface area contributed by atoms with Gasteiger partial charge in [0.25, 0.3) is 0 Å². The summed E-state index contributed by atoms with van der Waals surface area (Å²) in [5, 5.41) is 25.7. The molecule has 0 spiro atoms. The Morgan fingerprint density at radius 3 is 1.15 bits per heavy atom. The Labute approximate surface area is 199 Å². The average Bonchev–Trinajstić information content (AvgIpc) is 2.83. The molecule has 4 aromatic rings. The van der Waals surface area contributed by atoms with E-state index < -0.39 is 0 Å². The maximum Gasteiger partial charge on any atom is 0.154 e. The molecule has 0 radical (unpaired) electrons. The Balaban J connectivity index is 1.39. The van der Waals surface area contributed by atoms with Crippen LogP contribution in [-0.2, 0) is 0 Å². The molecule has 0 aliphatic rings. The average molecular weight is 455 g/mol. The third-order valence-corrected chi connectivity index (χ3v) is 5.82. The molecular weight excluding hydrogens is 428 g/mol. The molecule has 174 valence electrons. The largest absolute Gasteiger partial charge is 0.724 e. The van der Waals surface area contributed by atoms with Gasteiger partial charge in [-0.3, -0.25) is 10.5 Å². The van der Waals surface area contributed by atoms with E-state index in [4.69, 9.17) is 9.68 Å². The first kappa shape index (κ1) is 23.2. The molecule has 0 aromatic heterocycles. The van der Waals surface area contributed by atoms with Crippen molar-refractivity contribution in [3.05, 3.63) is 118 Å². The van der Waals surface area contributed by atoms with E-state index in [1.54, 1.807) is 48.5 Å². The normalized spacial score (nSPS) is 10.6. The van der Waals surface area contributed by atoms with E-state index in [9.17, 15) is 10.4 Å². The Kier molecular flexibility index (Phi) is 6.72. The topological polar surface area (TPSA) is 71.1 Å². The Morgan fingerprint density at radius 1 is 0.471 bits per heavy atom. The van der Waals surface area contributed by atoms with Crippen molar-refractivity contribution >= 4 is 11.4 Å². The predicted molar refractivity (Wildman–Crippen MR) is 137 cm³/mol. The Morgan fingerprint density at radius 2 is 0.824 bits per heavy atom. The van der Waals surface area contributed by atoms with Gasteiger partial charge in [-0.2, -0.15) is 0 Å². The molecule has 0 heterocycles. The van der Waals surface area contributed by atoms with Crippen LogP contribution in [0.1, 0.15) is 22.3 Å². The molecule has 6 heteroatoms. The summed E-state index contributed by atoms with van der Waals surface area (Å²) < 4.78 is 0. The summed E-state index contributed by atoms with van der Waals surface area (Å²) in [6.07, 6.45) is 0. The molecule has 34 heavy (non-hydrogen) atoms. The van der Waals surface area contributed by atoms with Crippen LogP contribution in [-0.4, -0.2) is 0 Å². The lowest BCUT2D eigenvalue weighted by molar-refractivity contribution is 0.319. The Bertz CT molecular complexity index is 1170. The summed E-state index contributed by atoms with van der Waals surface area (Å²) in [5.74, 6) is 0.875. The van der Waals surface area contributed by atoms with Gasteiger partial charge >= 0.3 is 0 Å². The van der Waals surface area contributed by atoms with E-state index in [0.29, 0.717) is 33.3 Å². The molecule has 4 aromatic carbocycles. The third kappa shape index (κ3) is 5.31. The molecule has 6 nitrogen and oxygen atoms in total. The number of rotatable bonds is 7. The third-order valence-electron chi connectivity index (χ3n) is 5.82. The van der Waals surface area contributed by atoms with Gasteiger partial charge in [0.05, 0.1) is 11.4 Å². The molecule has 0 fully saturated rings. The number of nitrogens with zero attached hydrogens (tertiary/aromatic N) is 2. The second-order valence-corrected chi connectivity index (χ2v) is 8.28. The molecular formula is C28H26N2O4-2. The molecule has 0 N–H and O–H groups in total. The maximum absolute atomic E-state index is 12.3. The first-order chi connectivity index (χ1) is 16.3. The van der Waals surface area contributed by atoms with Gasteiger partial charge in [0.2, 0.25) is 0 Å². The lowest BCUT2D eigenvalue weighted by atomic mass is 10.1. The van der Waals surface area contributed by atoms with Gasteiger partial charge in [0.15, 0.2) is 11.5 Å². The van der Waals surface area contributed by atoms with Gasteiger partial charge in [0.1, 0.15) is 0 Å². The van der Waals surface area contributed by atoms with E-state index in [-0.39, 0.29) is 0 Å². The highest BCUT2D eigenvalue weighted by atomic mass is 16.9. The summed E-state index contributed by atoms with van der Waals surface area (Å²) in [6.45, 7) is 7.90. The van der Waals surface area contributed by atoms with Crippen molar-refractivity contribution in [1.29, 1.82) is 0 Å². The molecule has 0 aliphatic carbocycles. The van der Waals surface area contributed by atoms with Crippen molar-refractivity contribution in [3.63, 3.8) is 0 Å². The minimum Gasteiger partial charge on any atom is -0.724 e. The molecule has 0 unspecified atom stereocenters. The summed E-state index contributed by atoms with van der Waals surface area (Å²) in [6, 6.07) is 25.3. The zero-order chi connectivity index (χ0) is 24.2. The molecule has 0 amide bonds. The van der Waals surface area contributed by atoms with Crippen molar-refractivity contribution in [2.24, 2.45) is 0 Å². The summed E-state index contributed by atoms with van der Waals surface area (Å²) in [7, 11) is 0. The minimum absolute atomic E-state index is 0.437. The molecule has 4 rings (SSSR count). The fourth-order valence-corrected chi connectivity index (χ4v) is 3.39. The zero-order valence-electron chi connectivity index (χ0n) is 19.6. The van der Waals surface area contributed by atoms with E-state index >= 15 is 0 Å². The molecule has 0 atom stereocenters. The van der Waals surface area contributed by atoms with Crippen LogP contribution in [0.3, 0.4) is 0 Å². The van der Waals surface area contributed by atoms with Crippen LogP contribution >= 0.6 is 0 Å². The maximum atomic E-state index is 12.3. The van der Waals surface area contributed by atoms with E-state index in [1.165, 1.54) is 0 Å². The highest BCUT2D eigenvalue weighted by Gasteiger charge is 2.05. The lowest BCUT2D eigenvalue weighted by Crippen LogP contribution is -2.19. The van der Waals surface area contributed by atoms with Crippen LogP contribution in [0.15, 0.2) is 84.9 Å². The highest BCUT2D eigenvalue weighted by Crippen LogP contribution is 2.27. The first-order valence-corrected chi connectivity index (χ1v) is 11.0. The van der Waals surface area contributed by atoms with Crippen LogP contribution in [0.25, 0.3) is 11.1 Å².